The monoisotopic (exact) mass is 481 g/mol. The number of ether oxygens (including phenoxy) is 1. The van der Waals surface area contributed by atoms with E-state index in [1.54, 1.807) is 18.4 Å². The minimum Gasteiger partial charge on any atom is -0.383 e. The van der Waals surface area contributed by atoms with Crippen molar-refractivity contribution in [2.45, 2.75) is 19.1 Å². The topological polar surface area (TPSA) is 84.6 Å². The molecule has 2 N–H and O–H groups in total. The Labute approximate surface area is 200 Å². The van der Waals surface area contributed by atoms with Crippen LogP contribution >= 0.6 is 22.9 Å². The second kappa shape index (κ2) is 9.23. The minimum atomic E-state index is -0.323. The van der Waals surface area contributed by atoms with Gasteiger partial charge in [-0.2, -0.15) is 0 Å². The Morgan fingerprint density at radius 2 is 2.03 bits per heavy atom. The molecule has 1 saturated heterocycles. The summed E-state index contributed by atoms with van der Waals surface area (Å²) in [6.45, 7) is 3.01. The van der Waals surface area contributed by atoms with Gasteiger partial charge in [0, 0.05) is 53.3 Å². The lowest BCUT2D eigenvalue weighted by atomic mass is 10.1. The van der Waals surface area contributed by atoms with Crippen LogP contribution in [0.4, 0.5) is 5.82 Å². The number of piperazine rings is 1. The molecule has 0 bridgehead atoms. The molecule has 1 amide bonds. The second-order valence-electron chi connectivity index (χ2n) is 8.21. The number of hydrogen-bond acceptors (Lipinski definition) is 7. The lowest BCUT2D eigenvalue weighted by molar-refractivity contribution is -0.145. The smallest absolute Gasteiger partial charge is 0.242 e. The summed E-state index contributed by atoms with van der Waals surface area (Å²) in [5.41, 5.74) is 7.73. The van der Waals surface area contributed by atoms with E-state index in [0.29, 0.717) is 32.1 Å². The first kappa shape index (κ1) is 22.0. The number of nitrogens with zero attached hydrogens (tertiary/aromatic N) is 4. The Balaban J connectivity index is 1.33. The molecule has 1 unspecified atom stereocenters. The highest BCUT2D eigenvalue weighted by molar-refractivity contribution is 7.19. The van der Waals surface area contributed by atoms with Crippen LogP contribution in [-0.2, 0) is 22.6 Å². The molecule has 9 heteroatoms. The van der Waals surface area contributed by atoms with Gasteiger partial charge in [-0.1, -0.05) is 23.7 Å². The van der Waals surface area contributed by atoms with Crippen LogP contribution in [0.1, 0.15) is 10.4 Å². The summed E-state index contributed by atoms with van der Waals surface area (Å²) in [6.07, 6.45) is 1.46. The zero-order valence-corrected chi connectivity index (χ0v) is 19.8. The fourth-order valence-electron chi connectivity index (χ4n) is 4.34. The van der Waals surface area contributed by atoms with Crippen molar-refractivity contribution >= 4 is 55.7 Å². The van der Waals surface area contributed by atoms with Gasteiger partial charge in [0.15, 0.2) is 0 Å². The van der Waals surface area contributed by atoms with Gasteiger partial charge >= 0.3 is 0 Å². The van der Waals surface area contributed by atoms with Gasteiger partial charge in [-0.25, -0.2) is 9.97 Å². The van der Waals surface area contributed by atoms with E-state index in [4.69, 9.17) is 22.1 Å². The van der Waals surface area contributed by atoms with Gasteiger partial charge in [-0.05, 0) is 41.3 Å². The Morgan fingerprint density at radius 3 is 2.88 bits per heavy atom. The third-order valence-electron chi connectivity index (χ3n) is 6.02. The number of nitrogen functional groups attached to an aromatic ring is 1. The molecule has 170 valence electrons. The fraction of sp³-hybridized carbons (Fsp3) is 0.292. The summed E-state index contributed by atoms with van der Waals surface area (Å²) in [7, 11) is 1.64. The average molecular weight is 482 g/mol. The van der Waals surface area contributed by atoms with Gasteiger partial charge < -0.3 is 15.4 Å². The molecule has 0 radical (unpaired) electrons. The first-order valence-corrected chi connectivity index (χ1v) is 11.9. The van der Waals surface area contributed by atoms with E-state index >= 15 is 0 Å². The summed E-state index contributed by atoms with van der Waals surface area (Å²) in [5.74, 6) is 0.537. The lowest BCUT2D eigenvalue weighted by Gasteiger charge is -2.40. The van der Waals surface area contributed by atoms with Crippen LogP contribution in [0.2, 0.25) is 5.02 Å². The number of rotatable bonds is 6. The number of anilines is 1. The summed E-state index contributed by atoms with van der Waals surface area (Å²) < 4.78 is 6.59. The predicted molar refractivity (Wildman–Crippen MR) is 132 cm³/mol. The first-order chi connectivity index (χ1) is 16.0. The van der Waals surface area contributed by atoms with E-state index in [9.17, 15) is 4.79 Å². The quantitative estimate of drug-likeness (QED) is 0.449. The lowest BCUT2D eigenvalue weighted by Crippen LogP contribution is -2.57. The number of nitrogens with two attached hydrogens (primary N) is 1. The normalized spacial score (nSPS) is 17.3. The van der Waals surface area contributed by atoms with Gasteiger partial charge in [0.1, 0.15) is 18.2 Å². The molecular weight excluding hydrogens is 458 g/mol. The number of carbonyl (C=O) groups excluding carboxylic acids is 1. The first-order valence-electron chi connectivity index (χ1n) is 10.7. The van der Waals surface area contributed by atoms with Crippen LogP contribution in [0.3, 0.4) is 0 Å². The molecule has 3 heterocycles. The van der Waals surface area contributed by atoms with E-state index in [0.717, 1.165) is 32.7 Å². The maximum absolute atomic E-state index is 13.4. The van der Waals surface area contributed by atoms with Crippen LogP contribution in [0.5, 0.6) is 0 Å². The van der Waals surface area contributed by atoms with E-state index < -0.39 is 0 Å². The van der Waals surface area contributed by atoms with Crippen molar-refractivity contribution < 1.29 is 9.53 Å². The van der Waals surface area contributed by atoms with Gasteiger partial charge in [0.25, 0.3) is 0 Å². The Morgan fingerprint density at radius 1 is 1.15 bits per heavy atom. The van der Waals surface area contributed by atoms with Gasteiger partial charge in [0.2, 0.25) is 5.91 Å². The van der Waals surface area contributed by atoms with Gasteiger partial charge in [-0.15, -0.1) is 11.3 Å². The van der Waals surface area contributed by atoms with Crippen molar-refractivity contribution in [2.75, 3.05) is 32.5 Å². The molecule has 5 rings (SSSR count). The van der Waals surface area contributed by atoms with Crippen molar-refractivity contribution in [3.05, 3.63) is 64.3 Å². The number of thiophene rings is 1. The highest BCUT2D eigenvalue weighted by atomic mass is 35.5. The fourth-order valence-corrected chi connectivity index (χ4v) is 5.71. The molecule has 1 fully saturated rings. The van der Waals surface area contributed by atoms with E-state index in [2.05, 4.69) is 20.9 Å². The number of methoxy groups -OCH3 is 1. The zero-order chi connectivity index (χ0) is 22.9. The number of carbonyl (C=O) groups is 1. The molecule has 0 saturated carbocycles. The summed E-state index contributed by atoms with van der Waals surface area (Å²) >= 11 is 7.86. The van der Waals surface area contributed by atoms with Gasteiger partial charge in [0.05, 0.1) is 12.1 Å². The molecule has 1 atom stereocenters. The molecule has 1 aliphatic heterocycles. The minimum absolute atomic E-state index is 0.0783. The Hall–Kier alpha value is -2.78. The van der Waals surface area contributed by atoms with Crippen molar-refractivity contribution in [1.29, 1.82) is 0 Å². The van der Waals surface area contributed by atoms with Crippen molar-refractivity contribution in [2.24, 2.45) is 0 Å². The highest BCUT2D eigenvalue weighted by Crippen LogP contribution is 2.30. The number of amides is 1. The summed E-state index contributed by atoms with van der Waals surface area (Å²) in [5, 5.41) is 2.73. The third kappa shape index (κ3) is 4.52. The maximum Gasteiger partial charge on any atom is 0.242 e. The standard InChI is InChI=1S/C24H24ClN5O2S/c1-32-13-21-24(31)30(11-15-2-5-19-20(8-15)27-14-28-23(19)26)7-6-29(21)12-18-9-16-3-4-17(25)10-22(16)33-18/h2-5,8-10,14,21H,6-7,11-13H2,1H3,(H2,26,27,28). The highest BCUT2D eigenvalue weighted by Gasteiger charge is 2.35. The summed E-state index contributed by atoms with van der Waals surface area (Å²) in [4.78, 5) is 27.1. The molecule has 7 nitrogen and oxygen atoms in total. The largest absolute Gasteiger partial charge is 0.383 e. The number of halogens is 1. The molecule has 2 aromatic carbocycles. The molecule has 4 aromatic rings. The molecule has 0 aliphatic carbocycles. The Bertz CT molecular complexity index is 1330. The molecule has 33 heavy (non-hydrogen) atoms. The zero-order valence-electron chi connectivity index (χ0n) is 18.2. The van der Waals surface area contributed by atoms with Crippen LogP contribution in [0, 0.1) is 0 Å². The van der Waals surface area contributed by atoms with Crippen LogP contribution in [0.15, 0.2) is 48.8 Å². The van der Waals surface area contributed by atoms with E-state index in [1.165, 1.54) is 16.6 Å². The summed E-state index contributed by atoms with van der Waals surface area (Å²) in [6, 6.07) is 13.7. The molecule has 1 aliphatic rings. The van der Waals surface area contributed by atoms with Crippen molar-refractivity contribution in [3.8, 4) is 0 Å². The van der Waals surface area contributed by atoms with Crippen molar-refractivity contribution in [3.63, 3.8) is 0 Å². The number of hydrogen-bond donors (Lipinski definition) is 1. The van der Waals surface area contributed by atoms with Crippen LogP contribution in [-0.4, -0.2) is 58.5 Å². The Kier molecular flexibility index (Phi) is 6.16. The number of fused-ring (bicyclic) bond motifs is 2. The molecule has 2 aromatic heterocycles. The van der Waals surface area contributed by atoms with Crippen LogP contribution in [0.25, 0.3) is 21.0 Å². The third-order valence-corrected chi connectivity index (χ3v) is 7.33. The molecular formula is C24H24ClN5O2S. The second-order valence-corrected chi connectivity index (χ2v) is 9.81. The predicted octanol–water partition coefficient (Wildman–Crippen LogP) is 3.94. The maximum atomic E-state index is 13.4. The van der Waals surface area contributed by atoms with E-state index in [1.807, 2.05) is 41.3 Å². The molecule has 0 spiro atoms. The SMILES string of the molecule is COCC1C(=O)N(Cc2ccc3c(N)ncnc3c2)CCN1Cc1cc2ccc(Cl)cc2s1. The van der Waals surface area contributed by atoms with Gasteiger partial charge in [-0.3, -0.25) is 9.69 Å². The van der Waals surface area contributed by atoms with Crippen LogP contribution < -0.4 is 5.73 Å². The van der Waals surface area contributed by atoms with Crippen molar-refractivity contribution in [1.82, 2.24) is 19.8 Å². The van der Waals surface area contributed by atoms with E-state index in [-0.39, 0.29) is 11.9 Å². The number of benzene rings is 2. The number of aromatic nitrogens is 2. The average Bonchev–Trinajstić information content (AvgIpc) is 3.19.